The summed E-state index contributed by atoms with van der Waals surface area (Å²) in [6.07, 6.45) is -14.0. The highest BCUT2D eigenvalue weighted by molar-refractivity contribution is 8.12. The minimum Gasteiger partial charge on any atom is -0.433 e. The number of rotatable bonds is 3. The van der Waals surface area contributed by atoms with Crippen LogP contribution in [-0.4, -0.2) is 40.4 Å². The van der Waals surface area contributed by atoms with E-state index in [0.29, 0.717) is 0 Å². The van der Waals surface area contributed by atoms with Gasteiger partial charge in [0.15, 0.2) is 0 Å². The number of nitrogens with zero attached hydrogens (tertiary/aromatic N) is 1. The molecule has 0 aromatic carbocycles. The molecule has 0 aromatic rings. The predicted octanol–water partition coefficient (Wildman–Crippen LogP) is 1.44. The van der Waals surface area contributed by atoms with Gasteiger partial charge < -0.3 is 4.13 Å². The number of hydrogen-bond acceptors (Lipinski definition) is 4. The van der Waals surface area contributed by atoms with Gasteiger partial charge in [0.05, 0.1) is 10.0 Å². The summed E-state index contributed by atoms with van der Waals surface area (Å²) in [5, 5.41) is -6.80. The molecule has 0 aliphatic rings. The third kappa shape index (κ3) is 3.03. The molecule has 0 N–H and O–H groups in total. The van der Waals surface area contributed by atoms with E-state index in [9.17, 15) is 47.6 Å². The van der Waals surface area contributed by atoms with Crippen molar-refractivity contribution in [1.82, 2.24) is 0 Å². The lowest BCUT2D eigenvalue weighted by Gasteiger charge is -2.34. The first-order valence-electron chi connectivity index (χ1n) is 3.47. The standard InChI is InChI=1S/C4H3F7NO4S2/c1-17(13,14)12-18(15,16)2(5,3(6,7)8)4(9,10)11/h1H3/q-1. The van der Waals surface area contributed by atoms with E-state index in [1.807, 2.05) is 0 Å². The van der Waals surface area contributed by atoms with E-state index in [4.69, 9.17) is 0 Å². The average Bonchev–Trinajstić information content (AvgIpc) is 1.92. The molecule has 0 radical (unpaired) electrons. The second-order valence-corrected chi connectivity index (χ2v) is 6.45. The number of hydrogen-bond donors (Lipinski definition) is 0. The van der Waals surface area contributed by atoms with Crippen molar-refractivity contribution in [1.29, 1.82) is 0 Å². The first kappa shape index (κ1) is 17.4. The number of sulfonamides is 2. The molecule has 0 aliphatic heterocycles. The Hall–Kier alpha value is -0.630. The summed E-state index contributed by atoms with van der Waals surface area (Å²) in [4.78, 5) is 0. The van der Waals surface area contributed by atoms with Crippen molar-refractivity contribution in [3.8, 4) is 0 Å². The van der Waals surface area contributed by atoms with Gasteiger partial charge in [-0.15, -0.1) is 0 Å². The molecule has 0 aliphatic carbocycles. The van der Waals surface area contributed by atoms with Gasteiger partial charge in [0, 0.05) is 6.26 Å². The zero-order valence-electron chi connectivity index (χ0n) is 8.04. The predicted molar refractivity (Wildman–Crippen MR) is 43.1 cm³/mol. The maximum Gasteiger partial charge on any atom is 0.445 e. The molecule has 0 amide bonds. The molecule has 0 spiro atoms. The first-order chi connectivity index (χ1) is 7.46. The number of halogens is 7. The Morgan fingerprint density at radius 2 is 1.06 bits per heavy atom. The van der Waals surface area contributed by atoms with Crippen LogP contribution in [0.5, 0.6) is 0 Å². The molecule has 110 valence electrons. The van der Waals surface area contributed by atoms with E-state index in [2.05, 4.69) is 0 Å². The van der Waals surface area contributed by atoms with Gasteiger partial charge in [-0.05, 0) is 0 Å². The molecule has 0 rings (SSSR count). The largest absolute Gasteiger partial charge is 0.445 e. The highest BCUT2D eigenvalue weighted by atomic mass is 32.3. The molecule has 0 aromatic heterocycles. The Kier molecular flexibility index (Phi) is 4.05. The summed E-state index contributed by atoms with van der Waals surface area (Å²) in [7, 11) is -12.3. The van der Waals surface area contributed by atoms with Gasteiger partial charge in [-0.3, -0.25) is 0 Å². The van der Waals surface area contributed by atoms with Crippen molar-refractivity contribution in [2.24, 2.45) is 0 Å². The summed E-state index contributed by atoms with van der Waals surface area (Å²) in [5.41, 5.74) is 0. The molecule has 0 bridgehead atoms. The summed E-state index contributed by atoms with van der Waals surface area (Å²) in [5.74, 6) is 0. The molecule has 0 heterocycles. The van der Waals surface area contributed by atoms with Crippen LogP contribution in [-0.2, 0) is 20.0 Å². The topological polar surface area (TPSA) is 82.4 Å². The van der Waals surface area contributed by atoms with Crippen molar-refractivity contribution in [2.75, 3.05) is 6.26 Å². The maximum atomic E-state index is 12.9. The summed E-state index contributed by atoms with van der Waals surface area (Å²) < 4.78 is 128. The van der Waals surface area contributed by atoms with Crippen LogP contribution in [0, 0.1) is 0 Å². The molecule has 0 saturated carbocycles. The smallest absolute Gasteiger partial charge is 0.433 e. The van der Waals surface area contributed by atoms with Gasteiger partial charge in [-0.25, -0.2) is 21.2 Å². The highest BCUT2D eigenvalue weighted by Gasteiger charge is 2.78. The fraction of sp³-hybridized carbons (Fsp3) is 1.00. The van der Waals surface area contributed by atoms with Crippen LogP contribution >= 0.6 is 0 Å². The Bertz CT molecular complexity index is 501. The molecule has 18 heavy (non-hydrogen) atoms. The van der Waals surface area contributed by atoms with Gasteiger partial charge in [-0.2, -0.15) is 26.3 Å². The molecular weight excluding hydrogens is 323 g/mol. The Morgan fingerprint density at radius 1 is 0.778 bits per heavy atom. The highest BCUT2D eigenvalue weighted by Crippen LogP contribution is 2.51. The molecule has 14 heteroatoms. The van der Waals surface area contributed by atoms with Gasteiger partial charge in [0.25, 0.3) is 0 Å². The monoisotopic (exact) mass is 326 g/mol. The van der Waals surface area contributed by atoms with E-state index in [-0.39, 0.29) is 6.26 Å². The van der Waals surface area contributed by atoms with Crippen LogP contribution in [0.2, 0.25) is 0 Å². The summed E-state index contributed by atoms with van der Waals surface area (Å²) >= 11 is 0. The SMILES string of the molecule is CS(=O)(=O)[N-]S(=O)(=O)C(F)(C(F)(F)F)C(F)(F)F. The van der Waals surface area contributed by atoms with E-state index in [1.54, 1.807) is 0 Å². The van der Waals surface area contributed by atoms with Crippen molar-refractivity contribution >= 4 is 20.0 Å². The molecule has 0 saturated heterocycles. The van der Waals surface area contributed by atoms with Gasteiger partial charge in [-0.1, -0.05) is 0 Å². The lowest BCUT2D eigenvalue weighted by molar-refractivity contribution is -0.305. The van der Waals surface area contributed by atoms with Crippen molar-refractivity contribution in [3.63, 3.8) is 0 Å². The Labute approximate surface area is 96.1 Å². The first-order valence-corrected chi connectivity index (χ1v) is 6.76. The molecule has 0 unspecified atom stereocenters. The number of alkyl halides is 7. The molecule has 0 atom stereocenters. The fourth-order valence-corrected chi connectivity index (χ4v) is 3.10. The Balaban J connectivity index is 6.12. The maximum absolute atomic E-state index is 12.9. The van der Waals surface area contributed by atoms with Crippen molar-refractivity contribution < 1.29 is 47.6 Å². The van der Waals surface area contributed by atoms with Gasteiger partial charge in [0.2, 0.25) is 0 Å². The van der Waals surface area contributed by atoms with Crippen LogP contribution in [0.15, 0.2) is 0 Å². The third-order valence-corrected chi connectivity index (χ3v) is 4.36. The van der Waals surface area contributed by atoms with E-state index >= 15 is 0 Å². The molecule has 5 nitrogen and oxygen atoms in total. The summed E-state index contributed by atoms with van der Waals surface area (Å²) in [6.45, 7) is 0. The van der Waals surface area contributed by atoms with Crippen LogP contribution in [0.1, 0.15) is 0 Å². The average molecular weight is 326 g/mol. The van der Waals surface area contributed by atoms with Gasteiger partial charge >= 0.3 is 17.4 Å². The normalized spacial score (nSPS) is 15.8. The van der Waals surface area contributed by atoms with Crippen LogP contribution < -0.4 is 0 Å². The van der Waals surface area contributed by atoms with Gasteiger partial charge in [0.1, 0.15) is 10.0 Å². The third-order valence-electron chi connectivity index (χ3n) is 1.32. The lowest BCUT2D eigenvalue weighted by Crippen LogP contribution is -2.58. The van der Waals surface area contributed by atoms with Crippen LogP contribution in [0.3, 0.4) is 0 Å². The zero-order valence-corrected chi connectivity index (χ0v) is 9.68. The van der Waals surface area contributed by atoms with Crippen molar-refractivity contribution in [3.05, 3.63) is 4.13 Å². The van der Waals surface area contributed by atoms with Crippen LogP contribution in [0.4, 0.5) is 30.7 Å². The Morgan fingerprint density at radius 3 is 1.22 bits per heavy atom. The minimum absolute atomic E-state index is 0.113. The van der Waals surface area contributed by atoms with E-state index in [0.717, 1.165) is 0 Å². The quantitative estimate of drug-likeness (QED) is 0.735. The second-order valence-electron chi connectivity index (χ2n) is 2.87. The fourth-order valence-electron chi connectivity index (χ4n) is 0.683. The van der Waals surface area contributed by atoms with Crippen LogP contribution in [0.25, 0.3) is 4.13 Å². The summed E-state index contributed by atoms with van der Waals surface area (Å²) in [6, 6.07) is 0. The molecular formula is C4H3F7NO4S2-. The van der Waals surface area contributed by atoms with E-state index in [1.165, 1.54) is 4.13 Å². The lowest BCUT2D eigenvalue weighted by atomic mass is 10.3. The van der Waals surface area contributed by atoms with Crippen molar-refractivity contribution in [2.45, 2.75) is 17.4 Å². The van der Waals surface area contributed by atoms with E-state index < -0.39 is 37.4 Å². The molecule has 0 fully saturated rings. The second kappa shape index (κ2) is 4.19. The minimum atomic E-state index is -7.07. The zero-order chi connectivity index (χ0) is 15.2.